The lowest BCUT2D eigenvalue weighted by molar-refractivity contribution is -0.120. The second-order valence-electron chi connectivity index (χ2n) is 11.2. The summed E-state index contributed by atoms with van der Waals surface area (Å²) < 4.78 is 54.3. The minimum absolute atomic E-state index is 0.0817. The topological polar surface area (TPSA) is 66.5 Å². The fourth-order valence-corrected chi connectivity index (χ4v) is 5.83. The quantitative estimate of drug-likeness (QED) is 0.472. The van der Waals surface area contributed by atoms with Gasteiger partial charge in [0.15, 0.2) is 0 Å². The van der Waals surface area contributed by atoms with Crippen LogP contribution >= 0.6 is 0 Å². The summed E-state index contributed by atoms with van der Waals surface area (Å²) in [5.41, 5.74) is 1.10. The molecule has 1 heterocycles. The molecular formula is C28H38F2N2O3S. The van der Waals surface area contributed by atoms with Gasteiger partial charge in [0, 0.05) is 31.3 Å². The van der Waals surface area contributed by atoms with Crippen LogP contribution in [0, 0.1) is 23.0 Å². The fourth-order valence-electron chi connectivity index (χ4n) is 4.89. The summed E-state index contributed by atoms with van der Waals surface area (Å²) in [4.78, 5) is 15.4. The number of Topliss-reactive ketones (excluding diaryl/α,β-unsaturated/α-hetero) is 1. The Morgan fingerprint density at radius 2 is 1.56 bits per heavy atom. The van der Waals surface area contributed by atoms with E-state index in [2.05, 4.69) is 9.62 Å². The third kappa shape index (κ3) is 8.75. The number of halogens is 2. The molecule has 0 spiro atoms. The molecule has 1 N–H and O–H groups in total. The van der Waals surface area contributed by atoms with Crippen molar-refractivity contribution in [2.24, 2.45) is 11.3 Å². The average Bonchev–Trinajstić information content (AvgIpc) is 2.77. The zero-order valence-electron chi connectivity index (χ0n) is 21.6. The van der Waals surface area contributed by atoms with Gasteiger partial charge in [0.05, 0.1) is 6.26 Å². The van der Waals surface area contributed by atoms with Crippen molar-refractivity contribution >= 4 is 15.8 Å². The molecule has 0 radical (unpaired) electrons. The van der Waals surface area contributed by atoms with E-state index >= 15 is 0 Å². The number of likely N-dealkylation sites (tertiary alicyclic amines) is 1. The summed E-state index contributed by atoms with van der Waals surface area (Å²) in [6, 6.07) is 12.1. The van der Waals surface area contributed by atoms with Crippen LogP contribution in [0.4, 0.5) is 8.78 Å². The molecule has 0 amide bonds. The van der Waals surface area contributed by atoms with Gasteiger partial charge in [0.1, 0.15) is 17.4 Å². The van der Waals surface area contributed by atoms with Crippen LogP contribution in [-0.2, 0) is 14.8 Å². The highest BCUT2D eigenvalue weighted by atomic mass is 32.2. The molecule has 1 aliphatic rings. The van der Waals surface area contributed by atoms with Gasteiger partial charge in [-0.2, -0.15) is 0 Å². The Hall–Kier alpha value is -2.16. The van der Waals surface area contributed by atoms with Gasteiger partial charge in [-0.05, 0) is 72.7 Å². The molecule has 1 atom stereocenters. The van der Waals surface area contributed by atoms with Crippen LogP contribution in [0.15, 0.2) is 48.5 Å². The SMILES string of the molecule is CC(C)(C)C(CN1CCC(CC(=O)CC(c2cccc(F)c2)c2cccc(F)c2)CC1)NS(C)(=O)=O. The Kier molecular flexibility index (Phi) is 9.41. The van der Waals surface area contributed by atoms with Crippen LogP contribution in [0.3, 0.4) is 0 Å². The van der Waals surface area contributed by atoms with E-state index in [0.717, 1.165) is 25.9 Å². The molecule has 1 fully saturated rings. The van der Waals surface area contributed by atoms with Crippen molar-refractivity contribution in [2.45, 2.75) is 58.4 Å². The van der Waals surface area contributed by atoms with Gasteiger partial charge in [-0.1, -0.05) is 45.0 Å². The van der Waals surface area contributed by atoms with E-state index in [4.69, 9.17) is 0 Å². The second kappa shape index (κ2) is 11.9. The standard InChI is InChI=1S/C28H38F2N2O3S/c1-28(2,3)27(31-36(4,34)35)19-32-13-11-20(12-14-32)15-25(33)18-26(21-7-5-9-23(29)16-21)22-8-6-10-24(30)17-22/h5-10,16-17,20,26-27,31H,11-15,18-19H2,1-4H3. The van der Waals surface area contributed by atoms with Gasteiger partial charge in [0.2, 0.25) is 10.0 Å². The van der Waals surface area contributed by atoms with Crippen LogP contribution < -0.4 is 4.72 Å². The molecule has 0 aromatic heterocycles. The molecule has 0 aliphatic carbocycles. The first-order chi connectivity index (χ1) is 16.8. The van der Waals surface area contributed by atoms with E-state index in [9.17, 15) is 22.0 Å². The number of hydrogen-bond acceptors (Lipinski definition) is 4. The highest BCUT2D eigenvalue weighted by Gasteiger charge is 2.31. The van der Waals surface area contributed by atoms with E-state index < -0.39 is 15.9 Å². The largest absolute Gasteiger partial charge is 0.302 e. The Bertz CT molecular complexity index is 1090. The smallest absolute Gasteiger partial charge is 0.209 e. The van der Waals surface area contributed by atoms with Gasteiger partial charge in [-0.25, -0.2) is 21.9 Å². The fraction of sp³-hybridized carbons (Fsp3) is 0.536. The third-order valence-electron chi connectivity index (χ3n) is 7.00. The van der Waals surface area contributed by atoms with Crippen LogP contribution in [0.25, 0.3) is 0 Å². The molecule has 1 unspecified atom stereocenters. The van der Waals surface area contributed by atoms with Crippen LogP contribution in [-0.4, -0.2) is 51.0 Å². The minimum atomic E-state index is -3.32. The van der Waals surface area contributed by atoms with Gasteiger partial charge >= 0.3 is 0 Å². The predicted molar refractivity (Wildman–Crippen MR) is 139 cm³/mol. The molecular weight excluding hydrogens is 482 g/mol. The van der Waals surface area contributed by atoms with E-state index in [1.165, 1.54) is 30.5 Å². The average molecular weight is 521 g/mol. The molecule has 2 aromatic carbocycles. The van der Waals surface area contributed by atoms with E-state index in [-0.39, 0.29) is 41.2 Å². The Balaban J connectivity index is 1.60. The van der Waals surface area contributed by atoms with Crippen LogP contribution in [0.5, 0.6) is 0 Å². The number of carbonyl (C=O) groups excluding carboxylic acids is 1. The summed E-state index contributed by atoms with van der Waals surface area (Å²) in [5.74, 6) is -0.845. The van der Waals surface area contributed by atoms with Gasteiger partial charge in [0.25, 0.3) is 0 Å². The predicted octanol–water partition coefficient (Wildman–Crippen LogP) is 5.12. The van der Waals surface area contributed by atoms with Crippen LogP contribution in [0.2, 0.25) is 0 Å². The van der Waals surface area contributed by atoms with E-state index in [0.29, 0.717) is 24.1 Å². The number of carbonyl (C=O) groups is 1. The summed E-state index contributed by atoms with van der Waals surface area (Å²) in [6.45, 7) is 8.29. The monoisotopic (exact) mass is 520 g/mol. The molecule has 36 heavy (non-hydrogen) atoms. The van der Waals surface area contributed by atoms with Gasteiger partial charge < -0.3 is 4.90 Å². The van der Waals surface area contributed by atoms with Crippen molar-refractivity contribution in [1.82, 2.24) is 9.62 Å². The van der Waals surface area contributed by atoms with Crippen molar-refractivity contribution in [3.05, 3.63) is 71.3 Å². The number of benzene rings is 2. The number of hydrogen-bond donors (Lipinski definition) is 1. The van der Waals surface area contributed by atoms with Crippen molar-refractivity contribution in [3.63, 3.8) is 0 Å². The van der Waals surface area contributed by atoms with Crippen molar-refractivity contribution in [2.75, 3.05) is 25.9 Å². The molecule has 198 valence electrons. The lowest BCUT2D eigenvalue weighted by atomic mass is 9.83. The lowest BCUT2D eigenvalue weighted by Crippen LogP contribution is -2.51. The van der Waals surface area contributed by atoms with Crippen molar-refractivity contribution < 1.29 is 22.0 Å². The number of nitrogens with one attached hydrogen (secondary N) is 1. The molecule has 1 saturated heterocycles. The summed E-state index contributed by atoms with van der Waals surface area (Å²) in [5, 5.41) is 0. The molecule has 8 heteroatoms. The zero-order valence-corrected chi connectivity index (χ0v) is 22.5. The summed E-state index contributed by atoms with van der Waals surface area (Å²) >= 11 is 0. The Morgan fingerprint density at radius 1 is 1.03 bits per heavy atom. The first-order valence-electron chi connectivity index (χ1n) is 12.5. The Morgan fingerprint density at radius 3 is 2.00 bits per heavy atom. The first-order valence-corrected chi connectivity index (χ1v) is 14.4. The Labute approximate surface area is 214 Å². The molecule has 0 saturated carbocycles. The van der Waals surface area contributed by atoms with Crippen LogP contribution in [0.1, 0.15) is 63.5 Å². The van der Waals surface area contributed by atoms with E-state index in [1.54, 1.807) is 24.3 Å². The third-order valence-corrected chi connectivity index (χ3v) is 7.71. The van der Waals surface area contributed by atoms with Crippen molar-refractivity contribution in [3.8, 4) is 0 Å². The molecule has 5 nitrogen and oxygen atoms in total. The summed E-state index contributed by atoms with van der Waals surface area (Å²) in [7, 11) is -3.32. The van der Waals surface area contributed by atoms with Gasteiger partial charge in [-0.3, -0.25) is 4.79 Å². The molecule has 2 aromatic rings. The van der Waals surface area contributed by atoms with Crippen molar-refractivity contribution in [1.29, 1.82) is 0 Å². The molecule has 0 bridgehead atoms. The first kappa shape index (κ1) is 28.4. The second-order valence-corrected chi connectivity index (χ2v) is 12.9. The highest BCUT2D eigenvalue weighted by Crippen LogP contribution is 2.32. The number of nitrogens with zero attached hydrogens (tertiary/aromatic N) is 1. The number of rotatable bonds is 10. The summed E-state index contributed by atoms with van der Waals surface area (Å²) in [6.07, 6.45) is 3.51. The highest BCUT2D eigenvalue weighted by molar-refractivity contribution is 7.88. The maximum Gasteiger partial charge on any atom is 0.209 e. The lowest BCUT2D eigenvalue weighted by Gasteiger charge is -2.38. The zero-order chi connectivity index (χ0) is 26.5. The van der Waals surface area contributed by atoms with E-state index in [1.807, 2.05) is 20.8 Å². The minimum Gasteiger partial charge on any atom is -0.302 e. The molecule has 1 aliphatic heterocycles. The van der Waals surface area contributed by atoms with Gasteiger partial charge in [-0.15, -0.1) is 0 Å². The maximum absolute atomic E-state index is 13.9. The normalized spacial score (nSPS) is 16.9. The number of sulfonamides is 1. The maximum atomic E-state index is 13.9. The molecule has 3 rings (SSSR count). The number of ketones is 1. The number of piperidine rings is 1.